The predicted octanol–water partition coefficient (Wildman–Crippen LogP) is 5.12. The number of rotatable bonds is 6. The Bertz CT molecular complexity index is 490. The van der Waals surface area contributed by atoms with E-state index in [1.807, 2.05) is 6.20 Å². The van der Waals surface area contributed by atoms with E-state index in [0.717, 1.165) is 11.9 Å². The molecule has 1 nitrogen and oxygen atoms in total. The molecule has 18 heavy (non-hydrogen) atoms. The third-order valence-electron chi connectivity index (χ3n) is 3.30. The third-order valence-corrected chi connectivity index (χ3v) is 4.22. The van der Waals surface area contributed by atoms with E-state index >= 15 is 0 Å². The van der Waals surface area contributed by atoms with Gasteiger partial charge in [-0.2, -0.15) is 0 Å². The van der Waals surface area contributed by atoms with Crippen molar-refractivity contribution < 1.29 is 0 Å². The Balaban J connectivity index is 1.99. The summed E-state index contributed by atoms with van der Waals surface area (Å²) in [5.74, 6) is 0. The van der Waals surface area contributed by atoms with E-state index < -0.39 is 0 Å². The van der Waals surface area contributed by atoms with Crippen LogP contribution in [0.4, 0.5) is 0 Å². The fourth-order valence-electron chi connectivity index (χ4n) is 2.34. The van der Waals surface area contributed by atoms with Gasteiger partial charge in [-0.05, 0) is 43.4 Å². The van der Waals surface area contributed by atoms with Crippen LogP contribution in [-0.2, 0) is 6.42 Å². The lowest BCUT2D eigenvalue weighted by Gasteiger charge is -2.09. The highest BCUT2D eigenvalue weighted by atomic mass is 79.9. The molecule has 1 unspecified atom stereocenters. The molecule has 1 aromatic carbocycles. The summed E-state index contributed by atoms with van der Waals surface area (Å²) in [6.07, 6.45) is 8.10. The Morgan fingerprint density at radius 1 is 1.17 bits per heavy atom. The summed E-state index contributed by atoms with van der Waals surface area (Å²) in [5.41, 5.74) is 2.54. The lowest BCUT2D eigenvalue weighted by Crippen LogP contribution is -1.98. The second-order valence-corrected chi connectivity index (χ2v) is 6.06. The Kier molecular flexibility index (Phi) is 5.18. The average molecular weight is 306 g/mol. The Hall–Kier alpha value is -0.890. The van der Waals surface area contributed by atoms with Gasteiger partial charge >= 0.3 is 0 Å². The zero-order valence-corrected chi connectivity index (χ0v) is 12.5. The lowest BCUT2D eigenvalue weighted by molar-refractivity contribution is 0.656. The summed E-state index contributed by atoms with van der Waals surface area (Å²) in [6, 6.07) is 10.6. The number of alkyl halides is 1. The SMILES string of the molecule is CCCC(Br)CCCc1ccnc2ccccc12. The van der Waals surface area contributed by atoms with Gasteiger partial charge < -0.3 is 0 Å². The zero-order chi connectivity index (χ0) is 12.8. The Morgan fingerprint density at radius 3 is 2.83 bits per heavy atom. The van der Waals surface area contributed by atoms with Crippen molar-refractivity contribution in [2.45, 2.75) is 43.9 Å². The lowest BCUT2D eigenvalue weighted by atomic mass is 10.0. The van der Waals surface area contributed by atoms with Gasteiger partial charge in [0.2, 0.25) is 0 Å². The summed E-state index contributed by atoms with van der Waals surface area (Å²) in [6.45, 7) is 2.24. The minimum atomic E-state index is 0.676. The molecule has 0 radical (unpaired) electrons. The fraction of sp³-hybridized carbons (Fsp3) is 0.438. The molecule has 0 saturated carbocycles. The molecule has 0 amide bonds. The second kappa shape index (κ2) is 6.89. The van der Waals surface area contributed by atoms with Crippen LogP contribution in [0.3, 0.4) is 0 Å². The molecular weight excluding hydrogens is 286 g/mol. The predicted molar refractivity (Wildman–Crippen MR) is 82.3 cm³/mol. The molecule has 1 aromatic heterocycles. The normalized spacial score (nSPS) is 12.8. The van der Waals surface area contributed by atoms with Gasteiger partial charge in [0.15, 0.2) is 0 Å². The van der Waals surface area contributed by atoms with E-state index in [4.69, 9.17) is 0 Å². The first kappa shape index (κ1) is 13.5. The first-order valence-electron chi connectivity index (χ1n) is 6.78. The maximum atomic E-state index is 4.41. The van der Waals surface area contributed by atoms with Gasteiger partial charge in [0.05, 0.1) is 5.52 Å². The summed E-state index contributed by atoms with van der Waals surface area (Å²) in [5, 5.41) is 1.31. The van der Waals surface area contributed by atoms with Gasteiger partial charge in [0.1, 0.15) is 0 Å². The van der Waals surface area contributed by atoms with E-state index in [0.29, 0.717) is 4.83 Å². The minimum Gasteiger partial charge on any atom is -0.256 e. The molecule has 0 aliphatic rings. The molecule has 0 saturated heterocycles. The maximum absolute atomic E-state index is 4.41. The molecule has 2 aromatic rings. The largest absolute Gasteiger partial charge is 0.256 e. The van der Waals surface area contributed by atoms with Crippen LogP contribution in [0.1, 0.15) is 38.2 Å². The van der Waals surface area contributed by atoms with E-state index in [1.165, 1.54) is 36.6 Å². The zero-order valence-electron chi connectivity index (χ0n) is 10.9. The van der Waals surface area contributed by atoms with E-state index in [1.54, 1.807) is 0 Å². The van der Waals surface area contributed by atoms with Crippen LogP contribution in [0, 0.1) is 0 Å². The molecule has 0 fully saturated rings. The molecule has 96 valence electrons. The van der Waals surface area contributed by atoms with Crippen LogP contribution in [0.2, 0.25) is 0 Å². The number of hydrogen-bond acceptors (Lipinski definition) is 1. The molecule has 1 atom stereocenters. The number of fused-ring (bicyclic) bond motifs is 1. The molecule has 1 heterocycles. The highest BCUT2D eigenvalue weighted by Gasteiger charge is 2.05. The Morgan fingerprint density at radius 2 is 2.00 bits per heavy atom. The van der Waals surface area contributed by atoms with Gasteiger partial charge in [0.25, 0.3) is 0 Å². The minimum absolute atomic E-state index is 0.676. The second-order valence-electron chi connectivity index (χ2n) is 4.77. The summed E-state index contributed by atoms with van der Waals surface area (Å²) >= 11 is 3.75. The van der Waals surface area contributed by atoms with E-state index in [2.05, 4.69) is 58.2 Å². The van der Waals surface area contributed by atoms with Gasteiger partial charge in [-0.3, -0.25) is 4.98 Å². The van der Waals surface area contributed by atoms with Crippen molar-refractivity contribution in [2.75, 3.05) is 0 Å². The van der Waals surface area contributed by atoms with Crippen molar-refractivity contribution in [3.05, 3.63) is 42.1 Å². The topological polar surface area (TPSA) is 12.9 Å². The molecule has 0 bridgehead atoms. The van der Waals surface area contributed by atoms with Gasteiger partial charge in [0, 0.05) is 16.4 Å². The van der Waals surface area contributed by atoms with Crippen molar-refractivity contribution >= 4 is 26.8 Å². The number of para-hydroxylation sites is 1. The van der Waals surface area contributed by atoms with Gasteiger partial charge in [-0.1, -0.05) is 47.5 Å². The molecule has 2 heteroatoms. The number of aromatic nitrogens is 1. The molecule has 2 rings (SSSR count). The van der Waals surface area contributed by atoms with E-state index in [-0.39, 0.29) is 0 Å². The standard InChI is InChI=1S/C16H20BrN/c1-2-6-14(17)8-5-7-13-11-12-18-16-10-4-3-9-15(13)16/h3-4,9-12,14H,2,5-8H2,1H3. The summed E-state index contributed by atoms with van der Waals surface area (Å²) in [7, 11) is 0. The highest BCUT2D eigenvalue weighted by Crippen LogP contribution is 2.20. The van der Waals surface area contributed by atoms with Crippen molar-refractivity contribution in [3.63, 3.8) is 0 Å². The molecule has 0 aliphatic carbocycles. The monoisotopic (exact) mass is 305 g/mol. The number of pyridine rings is 1. The highest BCUT2D eigenvalue weighted by molar-refractivity contribution is 9.09. The number of nitrogens with zero attached hydrogens (tertiary/aromatic N) is 1. The van der Waals surface area contributed by atoms with Crippen molar-refractivity contribution in [1.29, 1.82) is 0 Å². The van der Waals surface area contributed by atoms with Crippen LogP contribution in [0.5, 0.6) is 0 Å². The average Bonchev–Trinajstić information content (AvgIpc) is 2.39. The van der Waals surface area contributed by atoms with Crippen LogP contribution < -0.4 is 0 Å². The van der Waals surface area contributed by atoms with Crippen molar-refractivity contribution in [2.24, 2.45) is 0 Å². The van der Waals surface area contributed by atoms with Crippen LogP contribution in [-0.4, -0.2) is 9.81 Å². The van der Waals surface area contributed by atoms with Crippen molar-refractivity contribution in [1.82, 2.24) is 4.98 Å². The van der Waals surface area contributed by atoms with E-state index in [9.17, 15) is 0 Å². The first-order valence-corrected chi connectivity index (χ1v) is 7.69. The molecule has 0 N–H and O–H groups in total. The smallest absolute Gasteiger partial charge is 0.0704 e. The maximum Gasteiger partial charge on any atom is 0.0704 e. The van der Waals surface area contributed by atoms with Crippen LogP contribution >= 0.6 is 15.9 Å². The summed E-state index contributed by atoms with van der Waals surface area (Å²) < 4.78 is 0. The number of halogens is 1. The number of aryl methyl sites for hydroxylation is 1. The molecular formula is C16H20BrN. The summed E-state index contributed by atoms with van der Waals surface area (Å²) in [4.78, 5) is 5.08. The van der Waals surface area contributed by atoms with Crippen LogP contribution in [0.25, 0.3) is 10.9 Å². The Labute approximate surface area is 118 Å². The number of benzene rings is 1. The van der Waals surface area contributed by atoms with Crippen molar-refractivity contribution in [3.8, 4) is 0 Å². The van der Waals surface area contributed by atoms with Gasteiger partial charge in [-0.25, -0.2) is 0 Å². The molecule has 0 spiro atoms. The molecule has 0 aliphatic heterocycles. The van der Waals surface area contributed by atoms with Crippen LogP contribution in [0.15, 0.2) is 36.5 Å². The third kappa shape index (κ3) is 3.55. The van der Waals surface area contributed by atoms with Gasteiger partial charge in [-0.15, -0.1) is 0 Å². The quantitative estimate of drug-likeness (QED) is 0.675. The fourth-order valence-corrected chi connectivity index (χ4v) is 3.13. The first-order chi connectivity index (χ1) is 8.81. The number of hydrogen-bond donors (Lipinski definition) is 0.